The van der Waals surface area contributed by atoms with E-state index in [0.29, 0.717) is 24.4 Å². The number of halogens is 3. The van der Waals surface area contributed by atoms with Crippen molar-refractivity contribution in [2.45, 2.75) is 30.7 Å². The molecule has 1 aliphatic rings. The summed E-state index contributed by atoms with van der Waals surface area (Å²) in [5.74, 6) is -0.615. The number of hydrogen-bond acceptors (Lipinski definition) is 3. The summed E-state index contributed by atoms with van der Waals surface area (Å²) < 4.78 is 27.4. The summed E-state index contributed by atoms with van der Waals surface area (Å²) >= 11 is 18.0. The number of rotatable bonds is 5. The minimum absolute atomic E-state index is 0.0396. The molecule has 0 aliphatic carbocycles. The number of carbonyl (C=O) groups excluding carboxylic acids is 1. The van der Waals surface area contributed by atoms with Gasteiger partial charge in [0, 0.05) is 23.1 Å². The molecule has 2 atom stereocenters. The van der Waals surface area contributed by atoms with Crippen molar-refractivity contribution in [3.05, 3.63) is 63.1 Å². The van der Waals surface area contributed by atoms with Crippen LogP contribution in [0.4, 0.5) is 0 Å². The molecule has 9 heteroatoms. The van der Waals surface area contributed by atoms with Crippen molar-refractivity contribution in [3.63, 3.8) is 0 Å². The smallest absolute Gasteiger partial charge is 0.244 e. The molecule has 1 amide bonds. The fraction of sp³-hybridized carbons (Fsp3) is 0.350. The summed E-state index contributed by atoms with van der Waals surface area (Å²) in [5, 5.41) is 3.99. The average molecular weight is 476 g/mol. The Bertz CT molecular complexity index is 997. The molecular weight excluding hydrogens is 455 g/mol. The number of amides is 1. The predicted octanol–water partition coefficient (Wildman–Crippen LogP) is 4.92. The second-order valence-electron chi connectivity index (χ2n) is 7.06. The highest BCUT2D eigenvalue weighted by atomic mass is 35.5. The first-order valence-electron chi connectivity index (χ1n) is 9.19. The van der Waals surface area contributed by atoms with Gasteiger partial charge in [0.05, 0.1) is 17.0 Å². The van der Waals surface area contributed by atoms with Crippen LogP contribution in [-0.4, -0.2) is 31.7 Å². The Morgan fingerprint density at radius 3 is 2.45 bits per heavy atom. The van der Waals surface area contributed by atoms with E-state index in [1.165, 1.54) is 22.5 Å². The molecule has 2 aromatic rings. The number of nitrogens with zero attached hydrogens (tertiary/aromatic N) is 1. The largest absolute Gasteiger partial charge is 0.349 e. The molecule has 0 aromatic heterocycles. The third-order valence-electron chi connectivity index (χ3n) is 4.99. The molecule has 0 unspecified atom stereocenters. The third-order valence-corrected chi connectivity index (χ3v) is 7.83. The van der Waals surface area contributed by atoms with Crippen LogP contribution in [-0.2, 0) is 14.8 Å². The Hall–Kier alpha value is -1.31. The number of benzene rings is 2. The highest BCUT2D eigenvalue weighted by molar-refractivity contribution is 7.89. The van der Waals surface area contributed by atoms with Gasteiger partial charge in [-0.1, -0.05) is 46.9 Å². The van der Waals surface area contributed by atoms with E-state index in [-0.39, 0.29) is 33.4 Å². The van der Waals surface area contributed by atoms with Crippen molar-refractivity contribution in [2.24, 2.45) is 5.92 Å². The van der Waals surface area contributed by atoms with E-state index >= 15 is 0 Å². The Kier molecular flexibility index (Phi) is 7.12. The second kappa shape index (κ2) is 9.23. The SMILES string of the molecule is C[C@H](NC(=O)[C@@H]1CCCN(S(=O)(=O)c2cc(Cl)ccc2Cl)C1)c1ccc(Cl)cc1. The minimum atomic E-state index is -3.84. The van der Waals surface area contributed by atoms with E-state index in [1.54, 1.807) is 12.1 Å². The first-order valence-corrected chi connectivity index (χ1v) is 11.8. The van der Waals surface area contributed by atoms with Crippen molar-refractivity contribution in [1.82, 2.24) is 9.62 Å². The van der Waals surface area contributed by atoms with Crippen molar-refractivity contribution in [3.8, 4) is 0 Å². The lowest BCUT2D eigenvalue weighted by Gasteiger charge is -2.32. The van der Waals surface area contributed by atoms with Crippen molar-refractivity contribution in [1.29, 1.82) is 0 Å². The molecule has 29 heavy (non-hydrogen) atoms. The maximum atomic E-state index is 13.0. The van der Waals surface area contributed by atoms with Crippen LogP contribution >= 0.6 is 34.8 Å². The molecule has 0 spiro atoms. The summed E-state index contributed by atoms with van der Waals surface area (Å²) in [6.45, 7) is 2.32. The molecule has 1 heterocycles. The number of sulfonamides is 1. The number of carbonyl (C=O) groups is 1. The van der Waals surface area contributed by atoms with Crippen molar-refractivity contribution >= 4 is 50.7 Å². The van der Waals surface area contributed by atoms with E-state index in [4.69, 9.17) is 34.8 Å². The lowest BCUT2D eigenvalue weighted by Crippen LogP contribution is -2.45. The molecule has 1 N–H and O–H groups in total. The van der Waals surface area contributed by atoms with Crippen LogP contribution in [0.2, 0.25) is 15.1 Å². The van der Waals surface area contributed by atoms with Gasteiger partial charge in [0.1, 0.15) is 4.90 Å². The second-order valence-corrected chi connectivity index (χ2v) is 10.2. The standard InChI is InChI=1S/C20H21Cl3N2O3S/c1-13(14-4-6-16(21)7-5-14)24-20(26)15-3-2-10-25(12-15)29(27,28)19-11-17(22)8-9-18(19)23/h4-9,11,13,15H,2-3,10,12H2,1H3,(H,24,26)/t13-,15+/m0/s1. The van der Waals surface area contributed by atoms with Gasteiger partial charge in [0.25, 0.3) is 0 Å². The van der Waals surface area contributed by atoms with Gasteiger partial charge in [-0.25, -0.2) is 8.42 Å². The van der Waals surface area contributed by atoms with Gasteiger partial charge in [-0.2, -0.15) is 4.31 Å². The first-order chi connectivity index (χ1) is 13.7. The molecule has 156 valence electrons. The number of piperidine rings is 1. The minimum Gasteiger partial charge on any atom is -0.349 e. The molecule has 5 nitrogen and oxygen atoms in total. The lowest BCUT2D eigenvalue weighted by atomic mass is 9.98. The molecule has 2 aromatic carbocycles. The predicted molar refractivity (Wildman–Crippen MR) is 116 cm³/mol. The van der Waals surface area contributed by atoms with Gasteiger partial charge >= 0.3 is 0 Å². The Morgan fingerprint density at radius 1 is 1.10 bits per heavy atom. The summed E-state index contributed by atoms with van der Waals surface area (Å²) in [6.07, 6.45) is 1.21. The number of hydrogen-bond donors (Lipinski definition) is 1. The van der Waals surface area contributed by atoms with Crippen LogP contribution in [0.3, 0.4) is 0 Å². The fourth-order valence-electron chi connectivity index (χ4n) is 3.35. The topological polar surface area (TPSA) is 66.5 Å². The van der Waals surface area contributed by atoms with E-state index in [2.05, 4.69) is 5.32 Å². The summed E-state index contributed by atoms with van der Waals surface area (Å²) in [7, 11) is -3.84. The lowest BCUT2D eigenvalue weighted by molar-refractivity contribution is -0.126. The molecular formula is C20H21Cl3N2O3S. The summed E-state index contributed by atoms with van der Waals surface area (Å²) in [5.41, 5.74) is 0.925. The van der Waals surface area contributed by atoms with E-state index in [0.717, 1.165) is 5.56 Å². The molecule has 1 aliphatic heterocycles. The monoisotopic (exact) mass is 474 g/mol. The average Bonchev–Trinajstić information content (AvgIpc) is 2.70. The molecule has 0 bridgehead atoms. The number of nitrogens with one attached hydrogen (secondary N) is 1. The molecule has 1 saturated heterocycles. The molecule has 0 radical (unpaired) electrons. The van der Waals surface area contributed by atoms with E-state index < -0.39 is 15.9 Å². The molecule has 3 rings (SSSR count). The van der Waals surface area contributed by atoms with Gasteiger partial charge < -0.3 is 5.32 Å². The normalized spacial score (nSPS) is 19.0. The zero-order chi connectivity index (χ0) is 21.2. The zero-order valence-electron chi connectivity index (χ0n) is 15.7. The van der Waals surface area contributed by atoms with E-state index in [1.807, 2.05) is 19.1 Å². The summed E-state index contributed by atoms with van der Waals surface area (Å²) in [4.78, 5) is 12.7. The zero-order valence-corrected chi connectivity index (χ0v) is 18.8. The quantitative estimate of drug-likeness (QED) is 0.667. The highest BCUT2D eigenvalue weighted by Gasteiger charge is 2.34. The molecule has 1 fully saturated rings. The van der Waals surface area contributed by atoms with Crippen LogP contribution < -0.4 is 5.32 Å². The van der Waals surface area contributed by atoms with Crippen LogP contribution in [0.15, 0.2) is 47.4 Å². The van der Waals surface area contributed by atoms with Crippen LogP contribution in [0.25, 0.3) is 0 Å². The van der Waals surface area contributed by atoms with Gasteiger partial charge in [-0.3, -0.25) is 4.79 Å². The maximum absolute atomic E-state index is 13.0. The summed E-state index contributed by atoms with van der Waals surface area (Å²) in [6, 6.07) is 11.4. The van der Waals surface area contributed by atoms with Crippen molar-refractivity contribution < 1.29 is 13.2 Å². The van der Waals surface area contributed by atoms with Gasteiger partial charge in [0.15, 0.2) is 0 Å². The van der Waals surface area contributed by atoms with Gasteiger partial charge in [-0.15, -0.1) is 0 Å². The third kappa shape index (κ3) is 5.25. The van der Waals surface area contributed by atoms with Gasteiger partial charge in [0.2, 0.25) is 15.9 Å². The Labute approximate surface area is 186 Å². The Balaban J connectivity index is 1.72. The maximum Gasteiger partial charge on any atom is 0.244 e. The highest BCUT2D eigenvalue weighted by Crippen LogP contribution is 2.30. The van der Waals surface area contributed by atoms with Crippen molar-refractivity contribution in [2.75, 3.05) is 13.1 Å². The van der Waals surface area contributed by atoms with Gasteiger partial charge in [-0.05, 0) is 55.7 Å². The van der Waals surface area contributed by atoms with E-state index in [9.17, 15) is 13.2 Å². The first kappa shape index (κ1) is 22.4. The van der Waals surface area contributed by atoms with Crippen LogP contribution in [0.1, 0.15) is 31.4 Å². The fourth-order valence-corrected chi connectivity index (χ4v) is 5.74. The Morgan fingerprint density at radius 2 is 1.76 bits per heavy atom. The van der Waals surface area contributed by atoms with Crippen LogP contribution in [0.5, 0.6) is 0 Å². The van der Waals surface area contributed by atoms with Crippen LogP contribution in [0, 0.1) is 5.92 Å². The molecule has 0 saturated carbocycles.